The lowest BCUT2D eigenvalue weighted by Gasteiger charge is -2.38. The van der Waals surface area contributed by atoms with E-state index in [9.17, 15) is 0 Å². The van der Waals surface area contributed by atoms with Gasteiger partial charge in [0.2, 0.25) is 0 Å². The highest BCUT2D eigenvalue weighted by molar-refractivity contribution is 4.87. The predicted octanol–water partition coefficient (Wildman–Crippen LogP) is 3.01. The third-order valence-electron chi connectivity index (χ3n) is 5.00. The molecule has 3 atom stereocenters. The molecule has 0 amide bonds. The third kappa shape index (κ3) is 3.45. The van der Waals surface area contributed by atoms with E-state index < -0.39 is 0 Å². The van der Waals surface area contributed by atoms with Crippen molar-refractivity contribution in [3.63, 3.8) is 0 Å². The summed E-state index contributed by atoms with van der Waals surface area (Å²) in [6, 6.07) is 1.13. The lowest BCUT2D eigenvalue weighted by molar-refractivity contribution is 0.139. The molecule has 1 heterocycles. The van der Waals surface area contributed by atoms with E-state index in [1.165, 1.54) is 58.0 Å². The van der Waals surface area contributed by atoms with Crippen LogP contribution in [0.4, 0.5) is 0 Å². The van der Waals surface area contributed by atoms with Gasteiger partial charge in [0.25, 0.3) is 0 Å². The Labute approximate surface area is 107 Å². The molecule has 0 aromatic rings. The van der Waals surface area contributed by atoms with Crippen molar-refractivity contribution in [1.29, 1.82) is 0 Å². The fourth-order valence-electron chi connectivity index (χ4n) is 3.74. The molecule has 2 aliphatic rings. The number of hydrogen-bond acceptors (Lipinski definition) is 2. The first-order chi connectivity index (χ1) is 8.18. The Balaban J connectivity index is 1.89. The summed E-state index contributed by atoms with van der Waals surface area (Å²) in [4.78, 5) is 2.71. The summed E-state index contributed by atoms with van der Waals surface area (Å²) in [7, 11) is 0. The number of rotatable bonds is 2. The van der Waals surface area contributed by atoms with Crippen LogP contribution in [0.2, 0.25) is 0 Å². The number of hydrogen-bond donors (Lipinski definition) is 1. The number of nitrogens with zero attached hydrogens (tertiary/aromatic N) is 1. The van der Waals surface area contributed by atoms with Crippen LogP contribution in [0.3, 0.4) is 0 Å². The van der Waals surface area contributed by atoms with E-state index >= 15 is 0 Å². The Morgan fingerprint density at radius 2 is 1.71 bits per heavy atom. The van der Waals surface area contributed by atoms with Gasteiger partial charge in [0.15, 0.2) is 0 Å². The van der Waals surface area contributed by atoms with E-state index in [0.29, 0.717) is 12.1 Å². The van der Waals surface area contributed by atoms with E-state index in [-0.39, 0.29) is 0 Å². The third-order valence-corrected chi connectivity index (χ3v) is 5.00. The Hall–Kier alpha value is -0.0800. The quantitative estimate of drug-likeness (QED) is 0.801. The Bertz CT molecular complexity index is 227. The molecule has 1 saturated heterocycles. The van der Waals surface area contributed by atoms with E-state index in [1.54, 1.807) is 0 Å². The highest BCUT2D eigenvalue weighted by Crippen LogP contribution is 2.28. The van der Waals surface area contributed by atoms with Crippen LogP contribution in [-0.2, 0) is 0 Å². The number of nitrogens with two attached hydrogens (primary N) is 1. The molecule has 0 radical (unpaired) electrons. The van der Waals surface area contributed by atoms with Crippen molar-refractivity contribution >= 4 is 0 Å². The molecule has 1 saturated carbocycles. The zero-order valence-corrected chi connectivity index (χ0v) is 11.7. The molecule has 0 bridgehead atoms. The monoisotopic (exact) mass is 238 g/mol. The maximum Gasteiger partial charge on any atom is 0.0247 e. The van der Waals surface area contributed by atoms with E-state index in [0.717, 1.165) is 11.8 Å². The second kappa shape index (κ2) is 6.19. The summed E-state index contributed by atoms with van der Waals surface area (Å²) in [5, 5.41) is 0. The molecule has 2 heteroatoms. The minimum atomic E-state index is 0.444. The van der Waals surface area contributed by atoms with E-state index in [2.05, 4.69) is 18.7 Å². The Morgan fingerprint density at radius 3 is 2.41 bits per heavy atom. The maximum absolute atomic E-state index is 6.31. The first kappa shape index (κ1) is 13.4. The molecule has 2 N–H and O–H groups in total. The maximum atomic E-state index is 6.31. The normalized spacial score (nSPS) is 37.1. The predicted molar refractivity (Wildman–Crippen MR) is 74.0 cm³/mol. The van der Waals surface area contributed by atoms with E-state index in [1.807, 2.05) is 0 Å². The SMILES string of the molecule is CC(C)C1CCCN(C2CCCCC2N)CC1. The molecule has 1 aliphatic carbocycles. The summed E-state index contributed by atoms with van der Waals surface area (Å²) < 4.78 is 0. The summed E-state index contributed by atoms with van der Waals surface area (Å²) in [5.74, 6) is 1.80. The zero-order valence-electron chi connectivity index (χ0n) is 11.7. The molecule has 2 rings (SSSR count). The first-order valence-corrected chi connectivity index (χ1v) is 7.68. The van der Waals surface area contributed by atoms with Crippen molar-refractivity contribution in [2.75, 3.05) is 13.1 Å². The fraction of sp³-hybridized carbons (Fsp3) is 1.00. The minimum absolute atomic E-state index is 0.444. The van der Waals surface area contributed by atoms with Crippen LogP contribution in [0, 0.1) is 11.8 Å². The summed E-state index contributed by atoms with van der Waals surface area (Å²) in [6.07, 6.45) is 9.52. The Kier molecular flexibility index (Phi) is 4.87. The second-order valence-electron chi connectivity index (χ2n) is 6.49. The molecule has 3 unspecified atom stereocenters. The molecular weight excluding hydrogens is 208 g/mol. The smallest absolute Gasteiger partial charge is 0.0247 e. The summed E-state index contributed by atoms with van der Waals surface area (Å²) in [5.41, 5.74) is 6.31. The average Bonchev–Trinajstić information content (AvgIpc) is 2.55. The van der Waals surface area contributed by atoms with Crippen LogP contribution in [0.15, 0.2) is 0 Å². The van der Waals surface area contributed by atoms with Crippen LogP contribution < -0.4 is 5.73 Å². The topological polar surface area (TPSA) is 29.3 Å². The van der Waals surface area contributed by atoms with Crippen LogP contribution in [-0.4, -0.2) is 30.1 Å². The van der Waals surface area contributed by atoms with Gasteiger partial charge in [-0.05, 0) is 57.0 Å². The lowest BCUT2D eigenvalue weighted by Crippen LogP contribution is -2.49. The minimum Gasteiger partial charge on any atom is -0.326 e. The second-order valence-corrected chi connectivity index (χ2v) is 6.49. The van der Waals surface area contributed by atoms with Gasteiger partial charge in [0.05, 0.1) is 0 Å². The first-order valence-electron chi connectivity index (χ1n) is 7.68. The standard InChI is InChI=1S/C15H30N2/c1-12(2)13-6-5-10-17(11-9-13)15-8-4-3-7-14(15)16/h12-15H,3-11,16H2,1-2H3. The van der Waals surface area contributed by atoms with Gasteiger partial charge in [0.1, 0.15) is 0 Å². The molecular formula is C15H30N2. The largest absolute Gasteiger partial charge is 0.326 e. The molecule has 17 heavy (non-hydrogen) atoms. The van der Waals surface area contributed by atoms with Gasteiger partial charge in [-0.2, -0.15) is 0 Å². The highest BCUT2D eigenvalue weighted by Gasteiger charge is 2.29. The van der Waals surface area contributed by atoms with Gasteiger partial charge in [-0.3, -0.25) is 4.90 Å². The summed E-state index contributed by atoms with van der Waals surface area (Å²) in [6.45, 7) is 7.35. The Morgan fingerprint density at radius 1 is 0.941 bits per heavy atom. The van der Waals surface area contributed by atoms with Crippen molar-refractivity contribution in [2.24, 2.45) is 17.6 Å². The molecule has 0 aromatic carbocycles. The molecule has 2 nitrogen and oxygen atoms in total. The molecule has 0 aromatic heterocycles. The van der Waals surface area contributed by atoms with E-state index in [4.69, 9.17) is 5.73 Å². The van der Waals surface area contributed by atoms with Gasteiger partial charge in [-0.1, -0.05) is 26.7 Å². The molecule has 0 spiro atoms. The van der Waals surface area contributed by atoms with Gasteiger partial charge in [-0.15, -0.1) is 0 Å². The van der Waals surface area contributed by atoms with Crippen molar-refractivity contribution in [1.82, 2.24) is 4.90 Å². The van der Waals surface area contributed by atoms with Crippen LogP contribution >= 0.6 is 0 Å². The molecule has 100 valence electrons. The van der Waals surface area contributed by atoms with Crippen molar-refractivity contribution in [3.05, 3.63) is 0 Å². The van der Waals surface area contributed by atoms with Crippen molar-refractivity contribution in [2.45, 2.75) is 70.9 Å². The van der Waals surface area contributed by atoms with Crippen LogP contribution in [0.1, 0.15) is 58.8 Å². The fourth-order valence-corrected chi connectivity index (χ4v) is 3.74. The van der Waals surface area contributed by atoms with Gasteiger partial charge >= 0.3 is 0 Å². The van der Waals surface area contributed by atoms with Gasteiger partial charge in [-0.25, -0.2) is 0 Å². The van der Waals surface area contributed by atoms with Crippen molar-refractivity contribution in [3.8, 4) is 0 Å². The lowest BCUT2D eigenvalue weighted by atomic mass is 9.88. The molecule has 2 fully saturated rings. The van der Waals surface area contributed by atoms with Gasteiger partial charge in [0, 0.05) is 12.1 Å². The summed E-state index contributed by atoms with van der Waals surface area (Å²) >= 11 is 0. The van der Waals surface area contributed by atoms with Gasteiger partial charge < -0.3 is 5.73 Å². The van der Waals surface area contributed by atoms with Crippen molar-refractivity contribution < 1.29 is 0 Å². The highest BCUT2D eigenvalue weighted by atomic mass is 15.2. The average molecular weight is 238 g/mol. The number of likely N-dealkylation sites (tertiary alicyclic amines) is 1. The zero-order chi connectivity index (χ0) is 12.3. The molecule has 1 aliphatic heterocycles. The van der Waals surface area contributed by atoms with Crippen LogP contribution in [0.25, 0.3) is 0 Å². The van der Waals surface area contributed by atoms with Crippen LogP contribution in [0.5, 0.6) is 0 Å².